The lowest BCUT2D eigenvalue weighted by Gasteiger charge is -2.19. The number of fused-ring (bicyclic) bond motifs is 1. The Morgan fingerprint density at radius 3 is 2.69 bits per heavy atom. The van der Waals surface area contributed by atoms with Crippen LogP contribution in [0.3, 0.4) is 0 Å². The van der Waals surface area contributed by atoms with Crippen molar-refractivity contribution in [3.05, 3.63) is 21.8 Å². The first-order valence-electron chi connectivity index (χ1n) is 5.51. The number of hydrogen-bond donors (Lipinski definition) is 1. The zero-order valence-corrected chi connectivity index (χ0v) is 11.1. The standard InChI is InChI=1S/C11H13BrClN3/c12-9-1-10(13)11(15-4-9)16-5-7-2-14-3-8(7)6-16/h1,4,7-8,14H,2-3,5-6H2. The quantitative estimate of drug-likeness (QED) is 0.861. The van der Waals surface area contributed by atoms with Gasteiger partial charge in [-0.2, -0.15) is 0 Å². The Balaban J connectivity index is 1.83. The molecule has 2 saturated heterocycles. The second-order valence-electron chi connectivity index (χ2n) is 4.54. The molecule has 1 N–H and O–H groups in total. The number of nitrogens with zero attached hydrogens (tertiary/aromatic N) is 2. The SMILES string of the molecule is Clc1cc(Br)cnc1N1CC2CNCC2C1. The first-order valence-corrected chi connectivity index (χ1v) is 6.68. The number of nitrogens with one attached hydrogen (secondary N) is 1. The van der Waals surface area contributed by atoms with Crippen LogP contribution in [0.25, 0.3) is 0 Å². The first-order chi connectivity index (χ1) is 7.74. The molecule has 2 aliphatic rings. The molecule has 2 atom stereocenters. The molecule has 2 fully saturated rings. The molecule has 0 radical (unpaired) electrons. The van der Waals surface area contributed by atoms with Gasteiger partial charge in [0.2, 0.25) is 0 Å². The fourth-order valence-electron chi connectivity index (χ4n) is 2.67. The molecule has 2 unspecified atom stereocenters. The van der Waals surface area contributed by atoms with Crippen molar-refractivity contribution in [2.45, 2.75) is 0 Å². The van der Waals surface area contributed by atoms with Crippen LogP contribution in [-0.2, 0) is 0 Å². The van der Waals surface area contributed by atoms with Gasteiger partial charge in [-0.15, -0.1) is 0 Å². The van der Waals surface area contributed by atoms with E-state index in [2.05, 4.69) is 31.1 Å². The fourth-order valence-corrected chi connectivity index (χ4v) is 3.42. The number of aromatic nitrogens is 1. The zero-order chi connectivity index (χ0) is 11.1. The summed E-state index contributed by atoms with van der Waals surface area (Å²) in [6.45, 7) is 4.42. The van der Waals surface area contributed by atoms with Gasteiger partial charge in [0, 0.05) is 36.8 Å². The molecular weight excluding hydrogens is 289 g/mol. The molecule has 86 valence electrons. The summed E-state index contributed by atoms with van der Waals surface area (Å²) in [5.74, 6) is 2.46. The van der Waals surface area contributed by atoms with Crippen LogP contribution in [0, 0.1) is 11.8 Å². The highest BCUT2D eigenvalue weighted by atomic mass is 79.9. The van der Waals surface area contributed by atoms with Crippen LogP contribution in [0.1, 0.15) is 0 Å². The molecule has 5 heteroatoms. The Labute approximate surface area is 108 Å². The molecule has 16 heavy (non-hydrogen) atoms. The Bertz CT molecular complexity index is 400. The van der Waals surface area contributed by atoms with Crippen LogP contribution < -0.4 is 10.2 Å². The molecule has 1 aromatic heterocycles. The summed E-state index contributed by atoms with van der Waals surface area (Å²) in [7, 11) is 0. The van der Waals surface area contributed by atoms with E-state index in [0.29, 0.717) is 0 Å². The van der Waals surface area contributed by atoms with Gasteiger partial charge in [0.25, 0.3) is 0 Å². The van der Waals surface area contributed by atoms with Gasteiger partial charge >= 0.3 is 0 Å². The second-order valence-corrected chi connectivity index (χ2v) is 5.87. The monoisotopic (exact) mass is 301 g/mol. The van der Waals surface area contributed by atoms with Gasteiger partial charge in [-0.1, -0.05) is 11.6 Å². The molecule has 3 nitrogen and oxygen atoms in total. The Kier molecular flexibility index (Phi) is 2.81. The number of rotatable bonds is 1. The normalized spacial score (nSPS) is 28.5. The van der Waals surface area contributed by atoms with E-state index < -0.39 is 0 Å². The van der Waals surface area contributed by atoms with Gasteiger partial charge < -0.3 is 10.2 Å². The van der Waals surface area contributed by atoms with Gasteiger partial charge in [0.1, 0.15) is 5.82 Å². The lowest BCUT2D eigenvalue weighted by Crippen LogP contribution is -2.26. The minimum Gasteiger partial charge on any atom is -0.355 e. The van der Waals surface area contributed by atoms with Crippen LogP contribution >= 0.6 is 27.5 Å². The maximum absolute atomic E-state index is 6.22. The Morgan fingerprint density at radius 2 is 2.06 bits per heavy atom. The van der Waals surface area contributed by atoms with Gasteiger partial charge in [-0.25, -0.2) is 4.98 Å². The molecule has 2 aliphatic heterocycles. The Morgan fingerprint density at radius 1 is 1.38 bits per heavy atom. The molecule has 3 heterocycles. The molecule has 0 aliphatic carbocycles. The predicted molar refractivity (Wildman–Crippen MR) is 69.0 cm³/mol. The van der Waals surface area contributed by atoms with Crippen molar-refractivity contribution in [1.82, 2.24) is 10.3 Å². The minimum atomic E-state index is 0.738. The van der Waals surface area contributed by atoms with Crippen LogP contribution in [-0.4, -0.2) is 31.2 Å². The highest BCUT2D eigenvalue weighted by molar-refractivity contribution is 9.10. The smallest absolute Gasteiger partial charge is 0.147 e. The van der Waals surface area contributed by atoms with E-state index >= 15 is 0 Å². The molecule has 0 bridgehead atoms. The molecule has 0 spiro atoms. The van der Waals surface area contributed by atoms with Crippen molar-refractivity contribution in [1.29, 1.82) is 0 Å². The maximum Gasteiger partial charge on any atom is 0.147 e. The minimum absolute atomic E-state index is 0.738. The Hall–Kier alpha value is -0.320. The van der Waals surface area contributed by atoms with E-state index in [9.17, 15) is 0 Å². The molecule has 0 aromatic carbocycles. The predicted octanol–water partition coefficient (Wildman–Crippen LogP) is 2.15. The topological polar surface area (TPSA) is 28.2 Å². The highest BCUT2D eigenvalue weighted by Crippen LogP contribution is 2.33. The molecule has 1 aromatic rings. The summed E-state index contributed by atoms with van der Waals surface area (Å²) in [6.07, 6.45) is 1.81. The van der Waals surface area contributed by atoms with Crippen molar-refractivity contribution in [3.63, 3.8) is 0 Å². The van der Waals surface area contributed by atoms with Crippen LogP contribution in [0.5, 0.6) is 0 Å². The van der Waals surface area contributed by atoms with Crippen LogP contribution in [0.2, 0.25) is 5.02 Å². The number of pyridine rings is 1. The van der Waals surface area contributed by atoms with Gasteiger partial charge in [-0.3, -0.25) is 0 Å². The summed E-state index contributed by atoms with van der Waals surface area (Å²) >= 11 is 9.59. The summed E-state index contributed by atoms with van der Waals surface area (Å²) in [5, 5.41) is 4.17. The fraction of sp³-hybridized carbons (Fsp3) is 0.545. The van der Waals surface area contributed by atoms with Crippen molar-refractivity contribution in [2.75, 3.05) is 31.1 Å². The van der Waals surface area contributed by atoms with E-state index in [-0.39, 0.29) is 0 Å². The van der Waals surface area contributed by atoms with Gasteiger partial charge in [-0.05, 0) is 33.8 Å². The van der Waals surface area contributed by atoms with Crippen molar-refractivity contribution < 1.29 is 0 Å². The average Bonchev–Trinajstić information content (AvgIpc) is 2.76. The van der Waals surface area contributed by atoms with Crippen molar-refractivity contribution in [3.8, 4) is 0 Å². The zero-order valence-electron chi connectivity index (χ0n) is 8.79. The summed E-state index contributed by atoms with van der Waals surface area (Å²) in [6, 6.07) is 1.91. The number of anilines is 1. The van der Waals surface area contributed by atoms with Crippen LogP contribution in [0.4, 0.5) is 5.82 Å². The summed E-state index contributed by atoms with van der Waals surface area (Å²) in [5.41, 5.74) is 0. The van der Waals surface area contributed by atoms with Gasteiger partial charge in [0.15, 0.2) is 0 Å². The lowest BCUT2D eigenvalue weighted by molar-refractivity contribution is 0.533. The largest absolute Gasteiger partial charge is 0.355 e. The van der Waals surface area contributed by atoms with E-state index in [1.165, 1.54) is 0 Å². The highest BCUT2D eigenvalue weighted by Gasteiger charge is 2.37. The average molecular weight is 303 g/mol. The van der Waals surface area contributed by atoms with E-state index in [4.69, 9.17) is 11.6 Å². The van der Waals surface area contributed by atoms with Crippen molar-refractivity contribution in [2.24, 2.45) is 11.8 Å². The first kappa shape index (κ1) is 10.8. The van der Waals surface area contributed by atoms with E-state index in [1.807, 2.05) is 12.3 Å². The third-order valence-electron chi connectivity index (χ3n) is 3.48. The molecule has 0 saturated carbocycles. The number of halogens is 2. The van der Waals surface area contributed by atoms with E-state index in [1.54, 1.807) is 0 Å². The molecule has 0 amide bonds. The summed E-state index contributed by atoms with van der Waals surface area (Å²) in [4.78, 5) is 6.72. The van der Waals surface area contributed by atoms with Crippen molar-refractivity contribution >= 4 is 33.3 Å². The number of hydrogen-bond acceptors (Lipinski definition) is 3. The third-order valence-corrected chi connectivity index (χ3v) is 4.19. The van der Waals surface area contributed by atoms with Gasteiger partial charge in [0.05, 0.1) is 5.02 Å². The third kappa shape index (κ3) is 1.83. The lowest BCUT2D eigenvalue weighted by atomic mass is 10.0. The maximum atomic E-state index is 6.22. The molecular formula is C11H13BrClN3. The molecule has 3 rings (SSSR count). The summed E-state index contributed by atoms with van der Waals surface area (Å²) < 4.78 is 0.933. The second kappa shape index (κ2) is 4.17. The van der Waals surface area contributed by atoms with E-state index in [0.717, 1.165) is 53.3 Å². The van der Waals surface area contributed by atoms with Crippen LogP contribution in [0.15, 0.2) is 16.7 Å².